The van der Waals surface area contributed by atoms with Crippen molar-refractivity contribution in [2.75, 3.05) is 19.6 Å². The Balaban J connectivity index is 1.37. The molecule has 1 saturated heterocycles. The summed E-state index contributed by atoms with van der Waals surface area (Å²) in [6.07, 6.45) is 5.76. The van der Waals surface area contributed by atoms with E-state index in [0.717, 1.165) is 56.6 Å². The van der Waals surface area contributed by atoms with Crippen LogP contribution in [-0.4, -0.2) is 35.3 Å². The van der Waals surface area contributed by atoms with E-state index < -0.39 is 0 Å². The predicted octanol–water partition coefficient (Wildman–Crippen LogP) is 3.15. The lowest BCUT2D eigenvalue weighted by atomic mass is 9.75. The second kappa shape index (κ2) is 5.89. The third-order valence-corrected chi connectivity index (χ3v) is 5.50. The minimum Gasteiger partial charge on any atom is -0.303 e. The van der Waals surface area contributed by atoms with E-state index in [1.54, 1.807) is 0 Å². The summed E-state index contributed by atoms with van der Waals surface area (Å²) < 4.78 is 0. The minimum atomic E-state index is -0.120. The van der Waals surface area contributed by atoms with Crippen molar-refractivity contribution in [1.29, 1.82) is 0 Å². The molecule has 0 unspecified atom stereocenters. The van der Waals surface area contributed by atoms with Gasteiger partial charge in [0, 0.05) is 35.8 Å². The SMILES string of the molecule is O=C1c2ccccc2CC12CCN(CCc1ccccn1)CC2. The first-order chi connectivity index (χ1) is 11.3. The molecule has 0 atom stereocenters. The fraction of sp³-hybridized carbons (Fsp3) is 0.400. The maximum atomic E-state index is 12.8. The molecule has 1 fully saturated rings. The molecule has 0 N–H and O–H groups in total. The van der Waals surface area contributed by atoms with E-state index in [9.17, 15) is 4.79 Å². The summed E-state index contributed by atoms with van der Waals surface area (Å²) in [4.78, 5) is 19.7. The van der Waals surface area contributed by atoms with E-state index in [4.69, 9.17) is 0 Å². The van der Waals surface area contributed by atoms with Crippen LogP contribution in [0.4, 0.5) is 0 Å². The fourth-order valence-electron chi connectivity index (χ4n) is 4.05. The van der Waals surface area contributed by atoms with Crippen LogP contribution in [0.2, 0.25) is 0 Å². The largest absolute Gasteiger partial charge is 0.303 e. The van der Waals surface area contributed by atoms with Crippen molar-refractivity contribution in [3.63, 3.8) is 0 Å². The maximum Gasteiger partial charge on any atom is 0.169 e. The molecule has 1 aromatic carbocycles. The second-order valence-electron chi connectivity index (χ2n) is 6.86. The van der Waals surface area contributed by atoms with Gasteiger partial charge in [0.1, 0.15) is 0 Å². The van der Waals surface area contributed by atoms with E-state index in [2.05, 4.69) is 22.0 Å². The summed E-state index contributed by atoms with van der Waals surface area (Å²) in [6, 6.07) is 14.2. The Labute approximate surface area is 137 Å². The Kier molecular flexibility index (Phi) is 3.74. The first-order valence-corrected chi connectivity index (χ1v) is 8.52. The summed E-state index contributed by atoms with van der Waals surface area (Å²) >= 11 is 0. The quantitative estimate of drug-likeness (QED) is 0.873. The van der Waals surface area contributed by atoms with Gasteiger partial charge in [0.15, 0.2) is 5.78 Å². The second-order valence-corrected chi connectivity index (χ2v) is 6.86. The standard InChI is InChI=1S/C20H22N2O/c23-19-18-7-2-1-5-16(18)15-20(19)9-13-22(14-10-20)12-8-17-6-3-4-11-21-17/h1-7,11H,8-10,12-15H2. The summed E-state index contributed by atoms with van der Waals surface area (Å²) in [6.45, 7) is 3.08. The van der Waals surface area contributed by atoms with Gasteiger partial charge in [-0.1, -0.05) is 30.3 Å². The smallest absolute Gasteiger partial charge is 0.169 e. The predicted molar refractivity (Wildman–Crippen MR) is 90.5 cm³/mol. The molecule has 1 aliphatic carbocycles. The van der Waals surface area contributed by atoms with Crippen LogP contribution in [0.15, 0.2) is 48.7 Å². The van der Waals surface area contributed by atoms with Crippen molar-refractivity contribution >= 4 is 5.78 Å². The number of likely N-dealkylation sites (tertiary alicyclic amines) is 1. The Morgan fingerprint density at radius 3 is 2.57 bits per heavy atom. The number of hydrogen-bond acceptors (Lipinski definition) is 3. The first-order valence-electron chi connectivity index (χ1n) is 8.52. The Bertz CT molecular complexity index is 703. The number of aromatic nitrogens is 1. The lowest BCUT2D eigenvalue weighted by Crippen LogP contribution is -2.43. The fourth-order valence-corrected chi connectivity index (χ4v) is 4.05. The molecule has 118 valence electrons. The molecular weight excluding hydrogens is 284 g/mol. The molecule has 1 aliphatic heterocycles. The van der Waals surface area contributed by atoms with Gasteiger partial charge in [0.05, 0.1) is 0 Å². The zero-order valence-corrected chi connectivity index (χ0v) is 13.4. The van der Waals surface area contributed by atoms with Crippen LogP contribution in [0.25, 0.3) is 0 Å². The monoisotopic (exact) mass is 306 g/mol. The van der Waals surface area contributed by atoms with Crippen molar-refractivity contribution in [2.45, 2.75) is 25.7 Å². The molecule has 4 rings (SSSR count). The molecule has 0 amide bonds. The van der Waals surface area contributed by atoms with Crippen molar-refractivity contribution < 1.29 is 4.79 Å². The van der Waals surface area contributed by atoms with Crippen LogP contribution in [-0.2, 0) is 12.8 Å². The van der Waals surface area contributed by atoms with Crippen LogP contribution >= 0.6 is 0 Å². The van der Waals surface area contributed by atoms with E-state index in [1.165, 1.54) is 5.56 Å². The molecule has 2 aliphatic rings. The minimum absolute atomic E-state index is 0.120. The highest BCUT2D eigenvalue weighted by atomic mass is 16.1. The molecule has 3 nitrogen and oxygen atoms in total. The molecule has 0 saturated carbocycles. The van der Waals surface area contributed by atoms with Crippen molar-refractivity contribution in [1.82, 2.24) is 9.88 Å². The number of Topliss-reactive ketones (excluding diaryl/α,β-unsaturated/α-hetero) is 1. The third-order valence-electron chi connectivity index (χ3n) is 5.50. The molecule has 0 radical (unpaired) electrons. The first kappa shape index (κ1) is 14.6. The molecule has 3 heteroatoms. The number of carbonyl (C=O) groups excluding carboxylic acids is 1. The van der Waals surface area contributed by atoms with Gasteiger partial charge in [-0.2, -0.15) is 0 Å². The van der Waals surface area contributed by atoms with Crippen LogP contribution in [0, 0.1) is 5.41 Å². The zero-order chi connectivity index (χ0) is 15.7. The number of hydrogen-bond donors (Lipinski definition) is 0. The van der Waals surface area contributed by atoms with Gasteiger partial charge in [0.25, 0.3) is 0 Å². The van der Waals surface area contributed by atoms with Crippen molar-refractivity contribution in [3.05, 3.63) is 65.5 Å². The van der Waals surface area contributed by atoms with Crippen LogP contribution in [0.5, 0.6) is 0 Å². The Morgan fingerprint density at radius 2 is 1.83 bits per heavy atom. The molecule has 1 aromatic heterocycles. The van der Waals surface area contributed by atoms with Crippen molar-refractivity contribution in [2.24, 2.45) is 5.41 Å². The molecular formula is C20H22N2O. The molecule has 2 aromatic rings. The van der Waals surface area contributed by atoms with Crippen LogP contribution < -0.4 is 0 Å². The van der Waals surface area contributed by atoms with Crippen molar-refractivity contribution in [3.8, 4) is 0 Å². The summed E-state index contributed by atoms with van der Waals surface area (Å²) in [5, 5.41) is 0. The summed E-state index contributed by atoms with van der Waals surface area (Å²) in [5.74, 6) is 0.387. The Hall–Kier alpha value is -2.00. The number of fused-ring (bicyclic) bond motifs is 1. The Morgan fingerprint density at radius 1 is 1.04 bits per heavy atom. The lowest BCUT2D eigenvalue weighted by molar-refractivity contribution is 0.0636. The summed E-state index contributed by atoms with van der Waals surface area (Å²) in [5.41, 5.74) is 3.25. The average Bonchev–Trinajstić information content (AvgIpc) is 2.88. The number of benzene rings is 1. The number of ketones is 1. The number of nitrogens with zero attached hydrogens (tertiary/aromatic N) is 2. The van der Waals surface area contributed by atoms with Gasteiger partial charge in [-0.25, -0.2) is 0 Å². The molecule has 2 heterocycles. The molecule has 23 heavy (non-hydrogen) atoms. The molecule has 0 bridgehead atoms. The topological polar surface area (TPSA) is 33.2 Å². The number of rotatable bonds is 3. The van der Waals surface area contributed by atoms with E-state index in [1.807, 2.05) is 36.5 Å². The maximum absolute atomic E-state index is 12.8. The van der Waals surface area contributed by atoms with Gasteiger partial charge < -0.3 is 4.90 Å². The zero-order valence-electron chi connectivity index (χ0n) is 13.4. The van der Waals surface area contributed by atoms with Gasteiger partial charge in [-0.3, -0.25) is 9.78 Å². The normalized spacial score (nSPS) is 19.9. The van der Waals surface area contributed by atoms with Gasteiger partial charge >= 0.3 is 0 Å². The van der Waals surface area contributed by atoms with Gasteiger partial charge in [-0.15, -0.1) is 0 Å². The lowest BCUT2D eigenvalue weighted by Gasteiger charge is -2.38. The highest BCUT2D eigenvalue weighted by Gasteiger charge is 2.46. The highest BCUT2D eigenvalue weighted by molar-refractivity contribution is 6.05. The molecule has 1 spiro atoms. The summed E-state index contributed by atoms with van der Waals surface area (Å²) in [7, 11) is 0. The van der Waals surface area contributed by atoms with Crippen LogP contribution in [0.3, 0.4) is 0 Å². The van der Waals surface area contributed by atoms with E-state index in [-0.39, 0.29) is 5.41 Å². The third kappa shape index (κ3) is 2.70. The van der Waals surface area contributed by atoms with Gasteiger partial charge in [0.2, 0.25) is 0 Å². The van der Waals surface area contributed by atoms with Gasteiger partial charge in [-0.05, 0) is 50.0 Å². The van der Waals surface area contributed by atoms with E-state index in [0.29, 0.717) is 5.78 Å². The number of piperidine rings is 1. The highest BCUT2D eigenvalue weighted by Crippen LogP contribution is 2.44. The van der Waals surface area contributed by atoms with Crippen LogP contribution in [0.1, 0.15) is 34.5 Å². The average molecular weight is 306 g/mol. The van der Waals surface area contributed by atoms with E-state index >= 15 is 0 Å². The number of carbonyl (C=O) groups is 1. The number of pyridine rings is 1.